The van der Waals surface area contributed by atoms with Gasteiger partial charge in [-0.05, 0) is 47.6 Å². The topological polar surface area (TPSA) is 38.7 Å². The highest BCUT2D eigenvalue weighted by Gasteiger charge is 2.16. The van der Waals surface area contributed by atoms with Crippen molar-refractivity contribution >= 4 is 28.1 Å². The predicted octanol–water partition coefficient (Wildman–Crippen LogP) is 9.67. The third-order valence-electron chi connectivity index (χ3n) is 6.38. The summed E-state index contributed by atoms with van der Waals surface area (Å²) in [6.07, 6.45) is 11.1. The number of rotatable bonds is 8. The fourth-order valence-corrected chi connectivity index (χ4v) is 4.37. The van der Waals surface area contributed by atoms with Crippen LogP contribution in [0.3, 0.4) is 0 Å². The Balaban J connectivity index is 1.65. The van der Waals surface area contributed by atoms with E-state index in [-0.39, 0.29) is 11.3 Å². The standard InChI is InChI=1S/C34H34BrN3/c1-6-9-24-12-16-27(17-13-24)32-36-31(37-33(38-32)28-18-22-30(35)23-19-28)26(7-2)11-8-10-25-14-20-29(21-15-25)34(3,4)5/h6-10,12-23,26H,2,11H2,1,3-5H3. The average molecular weight is 565 g/mol. The second-order valence-corrected chi connectivity index (χ2v) is 11.2. The Kier molecular flexibility index (Phi) is 8.85. The van der Waals surface area contributed by atoms with E-state index in [1.807, 2.05) is 43.3 Å². The number of allylic oxidation sites excluding steroid dienone is 3. The molecule has 0 spiro atoms. The Morgan fingerprint density at radius 2 is 1.29 bits per heavy atom. The Labute approximate surface area is 235 Å². The summed E-state index contributed by atoms with van der Waals surface area (Å²) >= 11 is 3.52. The zero-order valence-electron chi connectivity index (χ0n) is 22.5. The molecular weight excluding hydrogens is 530 g/mol. The minimum absolute atomic E-state index is 0.0432. The number of nitrogens with zero attached hydrogens (tertiary/aromatic N) is 3. The van der Waals surface area contributed by atoms with Gasteiger partial charge in [0.2, 0.25) is 0 Å². The predicted molar refractivity (Wildman–Crippen MR) is 165 cm³/mol. The Hall–Kier alpha value is -3.63. The van der Waals surface area contributed by atoms with Crippen molar-refractivity contribution in [1.82, 2.24) is 15.0 Å². The van der Waals surface area contributed by atoms with E-state index < -0.39 is 0 Å². The summed E-state index contributed by atoms with van der Waals surface area (Å²) in [4.78, 5) is 14.6. The van der Waals surface area contributed by atoms with Crippen LogP contribution in [-0.2, 0) is 5.41 Å². The number of hydrogen-bond acceptors (Lipinski definition) is 3. The van der Waals surface area contributed by atoms with Crippen molar-refractivity contribution < 1.29 is 0 Å². The quantitative estimate of drug-likeness (QED) is 0.200. The molecule has 0 fully saturated rings. The molecule has 192 valence electrons. The molecule has 38 heavy (non-hydrogen) atoms. The van der Waals surface area contributed by atoms with E-state index in [4.69, 9.17) is 15.0 Å². The number of hydrogen-bond donors (Lipinski definition) is 0. The van der Waals surface area contributed by atoms with Gasteiger partial charge in [-0.1, -0.05) is 128 Å². The summed E-state index contributed by atoms with van der Waals surface area (Å²) in [7, 11) is 0. The second kappa shape index (κ2) is 12.3. The molecule has 3 aromatic carbocycles. The zero-order valence-corrected chi connectivity index (χ0v) is 24.1. The number of aromatic nitrogens is 3. The first-order chi connectivity index (χ1) is 18.3. The molecule has 4 heteroatoms. The normalized spacial score (nSPS) is 12.8. The molecule has 0 bridgehead atoms. The number of halogens is 1. The van der Waals surface area contributed by atoms with E-state index in [0.717, 1.165) is 27.6 Å². The minimum Gasteiger partial charge on any atom is -0.212 e. The Morgan fingerprint density at radius 1 is 0.763 bits per heavy atom. The fraction of sp³-hybridized carbons (Fsp3) is 0.206. The van der Waals surface area contributed by atoms with E-state index >= 15 is 0 Å². The van der Waals surface area contributed by atoms with Crippen LogP contribution < -0.4 is 0 Å². The van der Waals surface area contributed by atoms with Crippen LogP contribution in [0.2, 0.25) is 0 Å². The van der Waals surface area contributed by atoms with Crippen LogP contribution in [0.25, 0.3) is 34.9 Å². The van der Waals surface area contributed by atoms with Gasteiger partial charge in [-0.15, -0.1) is 6.58 Å². The first-order valence-electron chi connectivity index (χ1n) is 12.9. The van der Waals surface area contributed by atoms with Crippen LogP contribution in [-0.4, -0.2) is 15.0 Å². The zero-order chi connectivity index (χ0) is 27.1. The molecule has 0 saturated carbocycles. The van der Waals surface area contributed by atoms with Gasteiger partial charge >= 0.3 is 0 Å². The maximum Gasteiger partial charge on any atom is 0.163 e. The maximum atomic E-state index is 4.90. The number of benzene rings is 3. The average Bonchev–Trinajstić information content (AvgIpc) is 2.92. The highest BCUT2D eigenvalue weighted by molar-refractivity contribution is 9.10. The molecule has 0 aliphatic heterocycles. The molecule has 1 aromatic heterocycles. The van der Waals surface area contributed by atoms with Crippen molar-refractivity contribution in [2.75, 3.05) is 0 Å². The second-order valence-electron chi connectivity index (χ2n) is 10.3. The van der Waals surface area contributed by atoms with Crippen molar-refractivity contribution in [2.24, 2.45) is 0 Å². The van der Waals surface area contributed by atoms with E-state index in [1.54, 1.807) is 0 Å². The van der Waals surface area contributed by atoms with E-state index in [1.165, 1.54) is 11.1 Å². The van der Waals surface area contributed by atoms with Gasteiger partial charge in [0.15, 0.2) is 11.6 Å². The summed E-state index contributed by atoms with van der Waals surface area (Å²) in [6, 6.07) is 25.1. The molecule has 1 unspecified atom stereocenters. The summed E-state index contributed by atoms with van der Waals surface area (Å²) in [5.41, 5.74) is 5.69. The Bertz CT molecular complexity index is 1430. The molecule has 3 nitrogen and oxygen atoms in total. The molecule has 0 saturated heterocycles. The van der Waals surface area contributed by atoms with Crippen LogP contribution >= 0.6 is 15.9 Å². The fourth-order valence-electron chi connectivity index (χ4n) is 4.10. The van der Waals surface area contributed by atoms with Gasteiger partial charge in [-0.3, -0.25) is 0 Å². The minimum atomic E-state index is -0.0432. The van der Waals surface area contributed by atoms with E-state index in [0.29, 0.717) is 17.5 Å². The van der Waals surface area contributed by atoms with Crippen molar-refractivity contribution in [1.29, 1.82) is 0 Å². The molecule has 0 radical (unpaired) electrons. The van der Waals surface area contributed by atoms with Crippen molar-refractivity contribution in [3.63, 3.8) is 0 Å². The lowest BCUT2D eigenvalue weighted by Gasteiger charge is -2.18. The smallest absolute Gasteiger partial charge is 0.163 e. The van der Waals surface area contributed by atoms with Gasteiger partial charge < -0.3 is 0 Å². The molecule has 0 N–H and O–H groups in total. The molecule has 4 aromatic rings. The summed E-state index contributed by atoms with van der Waals surface area (Å²) in [6.45, 7) is 12.8. The van der Waals surface area contributed by atoms with Crippen molar-refractivity contribution in [3.8, 4) is 22.8 Å². The van der Waals surface area contributed by atoms with Gasteiger partial charge in [-0.2, -0.15) is 0 Å². The van der Waals surface area contributed by atoms with E-state index in [2.05, 4.69) is 110 Å². The highest BCUT2D eigenvalue weighted by Crippen LogP contribution is 2.27. The molecule has 1 heterocycles. The summed E-state index contributed by atoms with van der Waals surface area (Å²) < 4.78 is 1.01. The maximum absolute atomic E-state index is 4.90. The lowest BCUT2D eigenvalue weighted by Crippen LogP contribution is -2.10. The van der Waals surface area contributed by atoms with Crippen molar-refractivity contribution in [3.05, 3.63) is 125 Å². The van der Waals surface area contributed by atoms with Crippen LogP contribution in [0.4, 0.5) is 0 Å². The SMILES string of the molecule is C=CC(CC=Cc1ccc(C(C)(C)C)cc1)c1nc(-c2ccc(Br)cc2)nc(-c2ccc(C=CC)cc2)n1. The van der Waals surface area contributed by atoms with Crippen molar-refractivity contribution in [2.45, 2.75) is 45.4 Å². The molecule has 0 amide bonds. The third kappa shape index (κ3) is 7.02. The Morgan fingerprint density at radius 3 is 1.82 bits per heavy atom. The molecule has 0 aliphatic rings. The van der Waals surface area contributed by atoms with Gasteiger partial charge in [0.05, 0.1) is 0 Å². The summed E-state index contributed by atoms with van der Waals surface area (Å²) in [5, 5.41) is 0. The third-order valence-corrected chi connectivity index (χ3v) is 6.90. The molecule has 4 rings (SSSR count). The molecular formula is C34H34BrN3. The van der Waals surface area contributed by atoms with Gasteiger partial charge in [0, 0.05) is 21.5 Å². The van der Waals surface area contributed by atoms with Gasteiger partial charge in [0.25, 0.3) is 0 Å². The van der Waals surface area contributed by atoms with Crippen LogP contribution in [0.1, 0.15) is 62.5 Å². The first-order valence-corrected chi connectivity index (χ1v) is 13.7. The monoisotopic (exact) mass is 563 g/mol. The van der Waals surface area contributed by atoms with Crippen LogP contribution in [0.15, 0.2) is 102 Å². The van der Waals surface area contributed by atoms with Gasteiger partial charge in [0.1, 0.15) is 5.82 Å². The summed E-state index contributed by atoms with van der Waals surface area (Å²) in [5.74, 6) is 1.99. The highest BCUT2D eigenvalue weighted by atomic mass is 79.9. The van der Waals surface area contributed by atoms with Crippen LogP contribution in [0, 0.1) is 0 Å². The van der Waals surface area contributed by atoms with Gasteiger partial charge in [-0.25, -0.2) is 15.0 Å². The van der Waals surface area contributed by atoms with E-state index in [9.17, 15) is 0 Å². The lowest BCUT2D eigenvalue weighted by molar-refractivity contribution is 0.590. The molecule has 1 atom stereocenters. The first kappa shape index (κ1) is 27.4. The largest absolute Gasteiger partial charge is 0.212 e. The lowest BCUT2D eigenvalue weighted by atomic mass is 9.87. The molecule has 0 aliphatic carbocycles. The van der Waals surface area contributed by atoms with Crippen LogP contribution in [0.5, 0.6) is 0 Å².